The van der Waals surface area contributed by atoms with Crippen LogP contribution in [0, 0.1) is 17.8 Å². The SMILES string of the molecule is Cn1cc(C#Cc2cnc(Nc3ccnc(-c4cnn(S(=O)(=O)C5CC5)c4)n3)cc2N2CCC(CNS(=O)[O-])CC2)cn1. The largest absolute Gasteiger partial charge is 0.760 e. The highest BCUT2D eigenvalue weighted by molar-refractivity contribution is 7.90. The molecule has 0 bridgehead atoms. The van der Waals surface area contributed by atoms with E-state index in [0.29, 0.717) is 42.4 Å². The van der Waals surface area contributed by atoms with Crippen LogP contribution in [0.2, 0.25) is 0 Å². The van der Waals surface area contributed by atoms with Gasteiger partial charge in [0.25, 0.3) is 10.0 Å². The van der Waals surface area contributed by atoms with Gasteiger partial charge in [-0.2, -0.15) is 14.3 Å². The molecule has 1 unspecified atom stereocenters. The van der Waals surface area contributed by atoms with Crippen molar-refractivity contribution in [1.29, 1.82) is 0 Å². The Balaban J connectivity index is 1.23. The van der Waals surface area contributed by atoms with Crippen molar-refractivity contribution < 1.29 is 17.2 Å². The second-order valence-electron chi connectivity index (χ2n) is 10.5. The van der Waals surface area contributed by atoms with Crippen LogP contribution in [0.3, 0.4) is 0 Å². The molecule has 4 aromatic heterocycles. The first-order valence-corrected chi connectivity index (χ1v) is 16.3. The number of anilines is 3. The van der Waals surface area contributed by atoms with Crippen LogP contribution in [0.1, 0.15) is 36.8 Å². The Labute approximate surface area is 251 Å². The molecule has 1 aliphatic carbocycles. The van der Waals surface area contributed by atoms with Crippen molar-refractivity contribution >= 4 is 38.6 Å². The number of rotatable bonds is 9. The van der Waals surface area contributed by atoms with Crippen molar-refractivity contribution in [3.63, 3.8) is 0 Å². The molecule has 0 amide bonds. The highest BCUT2D eigenvalue weighted by atomic mass is 32.2. The van der Waals surface area contributed by atoms with Gasteiger partial charge in [0, 0.05) is 62.6 Å². The minimum atomic E-state index is -3.49. The fourth-order valence-electron chi connectivity index (χ4n) is 4.84. The van der Waals surface area contributed by atoms with Crippen LogP contribution in [0.15, 0.2) is 49.3 Å². The highest BCUT2D eigenvalue weighted by Crippen LogP contribution is 2.31. The van der Waals surface area contributed by atoms with Gasteiger partial charge in [-0.1, -0.05) is 11.8 Å². The molecular formula is C27H29N10O4S2-. The van der Waals surface area contributed by atoms with Crippen LogP contribution < -0.4 is 14.9 Å². The molecular weight excluding hydrogens is 592 g/mol. The molecule has 0 spiro atoms. The third-order valence-corrected chi connectivity index (χ3v) is 9.75. The van der Waals surface area contributed by atoms with Gasteiger partial charge in [0.2, 0.25) is 0 Å². The molecule has 43 heavy (non-hydrogen) atoms. The maximum Gasteiger partial charge on any atom is 0.256 e. The van der Waals surface area contributed by atoms with Gasteiger partial charge >= 0.3 is 0 Å². The second-order valence-corrected chi connectivity index (χ2v) is 13.3. The lowest BCUT2D eigenvalue weighted by Crippen LogP contribution is -2.38. The van der Waals surface area contributed by atoms with E-state index in [4.69, 9.17) is 0 Å². The number of pyridine rings is 1. The van der Waals surface area contributed by atoms with Crippen LogP contribution >= 0.6 is 0 Å². The van der Waals surface area contributed by atoms with Crippen LogP contribution in [-0.2, 0) is 28.3 Å². The summed E-state index contributed by atoms with van der Waals surface area (Å²) in [7, 11) is -1.66. The first-order valence-electron chi connectivity index (χ1n) is 13.7. The third-order valence-electron chi connectivity index (χ3n) is 7.31. The lowest BCUT2D eigenvalue weighted by Gasteiger charge is -2.34. The van der Waals surface area contributed by atoms with Crippen molar-refractivity contribution in [2.24, 2.45) is 13.0 Å². The molecule has 2 aliphatic rings. The van der Waals surface area contributed by atoms with Crippen molar-refractivity contribution in [1.82, 2.24) is 38.6 Å². The standard InChI is InChI=1S/C27H30N10O4S2/c1-35-17-20(13-30-35)2-3-21-15-29-26(12-24(21)36-10-7-19(8-11-36)14-32-42(38)39)33-25-6-9-28-27(34-25)22-16-31-37(18-22)43(40,41)23-4-5-23/h6,9,12-13,15-19,23,32H,4-5,7-8,10-11,14H2,1H3,(H,38,39)(H,28,29,33,34)/p-1. The highest BCUT2D eigenvalue weighted by Gasteiger charge is 2.37. The molecule has 6 rings (SSSR count). The van der Waals surface area contributed by atoms with E-state index < -0.39 is 21.3 Å². The minimum absolute atomic E-state index is 0.251. The zero-order valence-corrected chi connectivity index (χ0v) is 24.9. The number of hydrogen-bond donors (Lipinski definition) is 2. The fraction of sp³-hybridized carbons (Fsp3) is 0.370. The second kappa shape index (κ2) is 12.2. The molecule has 16 heteroatoms. The monoisotopic (exact) mass is 621 g/mol. The summed E-state index contributed by atoms with van der Waals surface area (Å²) in [5, 5.41) is 11.1. The summed E-state index contributed by atoms with van der Waals surface area (Å²) in [5.41, 5.74) is 2.92. The molecule has 1 atom stereocenters. The summed E-state index contributed by atoms with van der Waals surface area (Å²) in [6, 6.07) is 3.62. The van der Waals surface area contributed by atoms with Crippen molar-refractivity contribution in [2.45, 2.75) is 30.9 Å². The third kappa shape index (κ3) is 6.91. The van der Waals surface area contributed by atoms with E-state index in [1.807, 2.05) is 19.3 Å². The van der Waals surface area contributed by atoms with Gasteiger partial charge in [-0.05, 0) is 37.7 Å². The summed E-state index contributed by atoms with van der Waals surface area (Å²) in [6.07, 6.45) is 12.7. The molecule has 1 saturated carbocycles. The minimum Gasteiger partial charge on any atom is -0.760 e. The van der Waals surface area contributed by atoms with Crippen LogP contribution in [0.5, 0.6) is 0 Å². The van der Waals surface area contributed by atoms with Crippen molar-refractivity contribution in [3.05, 3.63) is 60.4 Å². The summed E-state index contributed by atoms with van der Waals surface area (Å²) in [6.45, 7) is 1.88. The van der Waals surface area contributed by atoms with Crippen LogP contribution in [0.25, 0.3) is 11.4 Å². The Morgan fingerprint density at radius 2 is 1.86 bits per heavy atom. The molecule has 2 fully saturated rings. The van der Waals surface area contributed by atoms with Gasteiger partial charge in [-0.25, -0.2) is 28.1 Å². The predicted octanol–water partition coefficient (Wildman–Crippen LogP) is 1.55. The maximum atomic E-state index is 12.5. The molecule has 1 aliphatic heterocycles. The van der Waals surface area contributed by atoms with Gasteiger partial charge in [-0.3, -0.25) is 8.89 Å². The maximum absolute atomic E-state index is 12.5. The number of aryl methyl sites for hydroxylation is 1. The zero-order chi connectivity index (χ0) is 30.0. The van der Waals surface area contributed by atoms with E-state index in [-0.39, 0.29) is 11.2 Å². The van der Waals surface area contributed by atoms with Gasteiger partial charge in [0.05, 0.1) is 46.2 Å². The number of piperidine rings is 1. The Kier molecular flexibility index (Phi) is 8.21. The van der Waals surface area contributed by atoms with E-state index in [0.717, 1.165) is 46.8 Å². The normalized spacial score (nSPS) is 16.5. The predicted molar refractivity (Wildman–Crippen MR) is 159 cm³/mol. The average molecular weight is 622 g/mol. The number of nitrogens with one attached hydrogen (secondary N) is 2. The van der Waals surface area contributed by atoms with E-state index in [1.54, 1.807) is 29.3 Å². The molecule has 2 N–H and O–H groups in total. The smallest absolute Gasteiger partial charge is 0.256 e. The average Bonchev–Trinajstić information content (AvgIpc) is 3.60. The van der Waals surface area contributed by atoms with Gasteiger partial charge in [0.1, 0.15) is 11.6 Å². The zero-order valence-electron chi connectivity index (χ0n) is 23.3. The Morgan fingerprint density at radius 3 is 2.58 bits per heavy atom. The van der Waals surface area contributed by atoms with E-state index in [1.165, 1.54) is 12.4 Å². The quantitative estimate of drug-likeness (QED) is 0.205. The molecule has 0 aromatic carbocycles. The van der Waals surface area contributed by atoms with Gasteiger partial charge in [0.15, 0.2) is 5.82 Å². The lowest BCUT2D eigenvalue weighted by molar-refractivity contribution is 0.398. The fourth-order valence-corrected chi connectivity index (χ4v) is 6.68. The molecule has 5 heterocycles. The van der Waals surface area contributed by atoms with Gasteiger partial charge in [-0.15, -0.1) is 0 Å². The topological polar surface area (TPSA) is 176 Å². The lowest BCUT2D eigenvalue weighted by atomic mass is 9.96. The molecule has 224 valence electrons. The van der Waals surface area contributed by atoms with E-state index in [9.17, 15) is 17.2 Å². The summed E-state index contributed by atoms with van der Waals surface area (Å²) in [5.74, 6) is 7.98. The van der Waals surface area contributed by atoms with E-state index in [2.05, 4.69) is 51.9 Å². The molecule has 0 radical (unpaired) electrons. The van der Waals surface area contributed by atoms with Crippen LogP contribution in [0.4, 0.5) is 17.3 Å². The first-order chi connectivity index (χ1) is 20.7. The van der Waals surface area contributed by atoms with Gasteiger partial charge < -0.3 is 14.8 Å². The Hall–Kier alpha value is -4.17. The van der Waals surface area contributed by atoms with E-state index >= 15 is 0 Å². The summed E-state index contributed by atoms with van der Waals surface area (Å²) < 4.78 is 52.1. The summed E-state index contributed by atoms with van der Waals surface area (Å²) in [4.78, 5) is 15.7. The van der Waals surface area contributed by atoms with Crippen LogP contribution in [-0.4, -0.2) is 76.0 Å². The Bertz CT molecular complexity index is 1820. The molecule has 14 nitrogen and oxygen atoms in total. The van der Waals surface area contributed by atoms with Crippen molar-refractivity contribution in [2.75, 3.05) is 29.9 Å². The molecule has 1 saturated heterocycles. The number of hydrogen-bond acceptors (Lipinski definition) is 11. The number of aromatic nitrogens is 7. The summed E-state index contributed by atoms with van der Waals surface area (Å²) >= 11 is -2.27. The first kappa shape index (κ1) is 28.9. The Morgan fingerprint density at radius 1 is 1.05 bits per heavy atom. The molecule has 4 aromatic rings. The van der Waals surface area contributed by atoms with Crippen molar-refractivity contribution in [3.8, 4) is 23.2 Å². The number of nitrogens with zero attached hydrogens (tertiary/aromatic N) is 8.